The number of hydrogen-bond donors (Lipinski definition) is 1. The summed E-state index contributed by atoms with van der Waals surface area (Å²) in [7, 11) is 1.57. The lowest BCUT2D eigenvalue weighted by Crippen LogP contribution is -2.57. The number of halogens is 2. The van der Waals surface area contributed by atoms with Crippen LogP contribution in [0.4, 0.5) is 4.39 Å². The molecule has 1 unspecified atom stereocenters. The van der Waals surface area contributed by atoms with Crippen molar-refractivity contribution in [2.24, 2.45) is 0 Å². The number of amides is 2. The number of piperazine rings is 1. The highest BCUT2D eigenvalue weighted by Gasteiger charge is 2.38. The highest BCUT2D eigenvalue weighted by Crippen LogP contribution is 2.31. The van der Waals surface area contributed by atoms with Crippen molar-refractivity contribution in [3.63, 3.8) is 0 Å². The van der Waals surface area contributed by atoms with E-state index in [1.54, 1.807) is 14.0 Å². The van der Waals surface area contributed by atoms with Gasteiger partial charge < -0.3 is 14.9 Å². The van der Waals surface area contributed by atoms with E-state index in [0.29, 0.717) is 17.7 Å². The third-order valence-electron chi connectivity index (χ3n) is 4.16. The van der Waals surface area contributed by atoms with Gasteiger partial charge in [-0.05, 0) is 31.5 Å². The Morgan fingerprint density at radius 1 is 1.41 bits per heavy atom. The SMILES string of the molecule is CC(c1cc(F)cc(Cl)c1CO)N1C[C@@H](C)N(C)C(=O)C1=O. The lowest BCUT2D eigenvalue weighted by Gasteiger charge is -2.40. The molecule has 1 heterocycles. The standard InChI is InChI=1S/C15H18ClFN2O3/c1-8-6-19(15(22)14(21)18(8)3)9(2)11-4-10(17)5-13(16)12(11)7-20/h4-5,8-9,20H,6-7H2,1-3H3/t8-,9?/m1/s1. The molecule has 1 aromatic carbocycles. The third kappa shape index (κ3) is 2.80. The van der Waals surface area contributed by atoms with Crippen LogP contribution in [0.2, 0.25) is 5.02 Å². The first kappa shape index (κ1) is 16.7. The molecular formula is C15H18ClFN2O3. The molecule has 1 saturated heterocycles. The molecule has 120 valence electrons. The Morgan fingerprint density at radius 2 is 2.05 bits per heavy atom. The first-order valence-electron chi connectivity index (χ1n) is 6.94. The summed E-state index contributed by atoms with van der Waals surface area (Å²) in [4.78, 5) is 26.9. The minimum absolute atomic E-state index is 0.102. The number of likely N-dealkylation sites (N-methyl/N-ethyl adjacent to an activating group) is 1. The third-order valence-corrected chi connectivity index (χ3v) is 4.49. The quantitative estimate of drug-likeness (QED) is 0.859. The molecule has 0 radical (unpaired) electrons. The van der Waals surface area contributed by atoms with E-state index in [2.05, 4.69) is 0 Å². The van der Waals surface area contributed by atoms with Crippen molar-refractivity contribution in [2.75, 3.05) is 13.6 Å². The summed E-state index contributed by atoms with van der Waals surface area (Å²) >= 11 is 5.96. The predicted molar refractivity (Wildman–Crippen MR) is 79.7 cm³/mol. The molecule has 0 spiro atoms. The Labute approximate surface area is 133 Å². The number of rotatable bonds is 3. The van der Waals surface area contributed by atoms with E-state index >= 15 is 0 Å². The minimum Gasteiger partial charge on any atom is -0.392 e. The molecular weight excluding hydrogens is 311 g/mol. The number of carbonyl (C=O) groups is 2. The van der Waals surface area contributed by atoms with Gasteiger partial charge in [0, 0.05) is 30.2 Å². The monoisotopic (exact) mass is 328 g/mol. The van der Waals surface area contributed by atoms with Crippen molar-refractivity contribution in [1.82, 2.24) is 9.80 Å². The molecule has 5 nitrogen and oxygen atoms in total. The topological polar surface area (TPSA) is 60.9 Å². The fourth-order valence-corrected chi connectivity index (χ4v) is 2.90. The summed E-state index contributed by atoms with van der Waals surface area (Å²) in [6.45, 7) is 3.48. The fourth-order valence-electron chi connectivity index (χ4n) is 2.63. The van der Waals surface area contributed by atoms with Crippen LogP contribution < -0.4 is 0 Å². The van der Waals surface area contributed by atoms with Crippen molar-refractivity contribution in [2.45, 2.75) is 32.5 Å². The number of carbonyl (C=O) groups excluding carboxylic acids is 2. The molecule has 0 aromatic heterocycles. The molecule has 2 atom stereocenters. The molecule has 1 N–H and O–H groups in total. The van der Waals surface area contributed by atoms with Gasteiger partial charge in [-0.2, -0.15) is 0 Å². The van der Waals surface area contributed by atoms with Gasteiger partial charge >= 0.3 is 11.8 Å². The van der Waals surface area contributed by atoms with E-state index < -0.39 is 23.7 Å². The molecule has 0 bridgehead atoms. The fraction of sp³-hybridized carbons (Fsp3) is 0.467. The Balaban J connectivity index is 2.42. The second-order valence-electron chi connectivity index (χ2n) is 5.51. The minimum atomic E-state index is -0.641. The second kappa shape index (κ2) is 6.22. The molecule has 22 heavy (non-hydrogen) atoms. The predicted octanol–water partition coefficient (Wildman–Crippen LogP) is 1.72. The van der Waals surface area contributed by atoms with Crippen LogP contribution in [0.25, 0.3) is 0 Å². The van der Waals surface area contributed by atoms with E-state index in [4.69, 9.17) is 11.6 Å². The number of hydrogen-bond acceptors (Lipinski definition) is 3. The van der Waals surface area contributed by atoms with Crippen LogP contribution in [-0.2, 0) is 16.2 Å². The maximum Gasteiger partial charge on any atom is 0.312 e. The zero-order valence-electron chi connectivity index (χ0n) is 12.6. The molecule has 1 aliphatic rings. The van der Waals surface area contributed by atoms with E-state index in [0.717, 1.165) is 6.07 Å². The Morgan fingerprint density at radius 3 is 2.64 bits per heavy atom. The van der Waals surface area contributed by atoms with Crippen molar-refractivity contribution in [3.05, 3.63) is 34.1 Å². The maximum absolute atomic E-state index is 13.6. The van der Waals surface area contributed by atoms with E-state index in [9.17, 15) is 19.1 Å². The summed E-state index contributed by atoms with van der Waals surface area (Å²) in [6, 6.07) is 1.64. The van der Waals surface area contributed by atoms with Crippen molar-refractivity contribution in [1.29, 1.82) is 0 Å². The Kier molecular flexibility index (Phi) is 4.72. The second-order valence-corrected chi connectivity index (χ2v) is 5.92. The zero-order chi connectivity index (χ0) is 16.6. The van der Waals surface area contributed by atoms with Crippen molar-refractivity contribution >= 4 is 23.4 Å². The summed E-state index contributed by atoms with van der Waals surface area (Å²) in [5.41, 5.74) is 0.771. The average molecular weight is 329 g/mol. The summed E-state index contributed by atoms with van der Waals surface area (Å²) in [5, 5.41) is 9.57. The molecule has 2 amide bonds. The molecule has 2 rings (SSSR count). The van der Waals surface area contributed by atoms with Crippen LogP contribution in [0.1, 0.15) is 31.0 Å². The van der Waals surface area contributed by atoms with Crippen LogP contribution in [0, 0.1) is 5.82 Å². The molecule has 0 saturated carbocycles. The van der Waals surface area contributed by atoms with Gasteiger partial charge in [0.25, 0.3) is 0 Å². The number of aliphatic hydroxyl groups is 1. The van der Waals surface area contributed by atoms with Gasteiger partial charge in [-0.15, -0.1) is 0 Å². The van der Waals surface area contributed by atoms with Gasteiger partial charge in [0.15, 0.2) is 0 Å². The van der Waals surface area contributed by atoms with Gasteiger partial charge in [0.1, 0.15) is 5.82 Å². The largest absolute Gasteiger partial charge is 0.392 e. The Bertz CT molecular complexity index is 623. The van der Waals surface area contributed by atoms with Crippen LogP contribution in [0.3, 0.4) is 0 Å². The first-order valence-corrected chi connectivity index (χ1v) is 7.32. The first-order chi connectivity index (χ1) is 10.3. The summed E-state index contributed by atoms with van der Waals surface area (Å²) in [5.74, 6) is -1.79. The van der Waals surface area contributed by atoms with Gasteiger partial charge in [-0.25, -0.2) is 4.39 Å². The van der Waals surface area contributed by atoms with Crippen LogP contribution in [0.5, 0.6) is 0 Å². The van der Waals surface area contributed by atoms with Gasteiger partial charge in [-0.3, -0.25) is 9.59 Å². The average Bonchev–Trinajstić information content (AvgIpc) is 2.47. The molecule has 1 aromatic rings. The highest BCUT2D eigenvalue weighted by atomic mass is 35.5. The molecule has 1 aliphatic heterocycles. The van der Waals surface area contributed by atoms with Crippen LogP contribution in [-0.4, -0.2) is 46.4 Å². The maximum atomic E-state index is 13.6. The van der Waals surface area contributed by atoms with E-state index in [-0.39, 0.29) is 17.7 Å². The van der Waals surface area contributed by atoms with Gasteiger partial charge in [0.2, 0.25) is 0 Å². The smallest absolute Gasteiger partial charge is 0.312 e. The van der Waals surface area contributed by atoms with E-state index in [1.165, 1.54) is 15.9 Å². The zero-order valence-corrected chi connectivity index (χ0v) is 13.4. The number of aliphatic hydroxyl groups excluding tert-OH is 1. The molecule has 0 aliphatic carbocycles. The van der Waals surface area contributed by atoms with Crippen LogP contribution in [0.15, 0.2) is 12.1 Å². The Hall–Kier alpha value is -1.66. The van der Waals surface area contributed by atoms with Crippen molar-refractivity contribution in [3.8, 4) is 0 Å². The van der Waals surface area contributed by atoms with Crippen LogP contribution >= 0.6 is 11.6 Å². The van der Waals surface area contributed by atoms with Gasteiger partial charge in [0.05, 0.1) is 12.6 Å². The van der Waals surface area contributed by atoms with Gasteiger partial charge in [-0.1, -0.05) is 11.6 Å². The van der Waals surface area contributed by atoms with Crippen molar-refractivity contribution < 1.29 is 19.1 Å². The summed E-state index contributed by atoms with van der Waals surface area (Å²) < 4.78 is 13.6. The van der Waals surface area contributed by atoms with E-state index in [1.807, 2.05) is 6.92 Å². The lowest BCUT2D eigenvalue weighted by atomic mass is 9.98. The molecule has 1 fully saturated rings. The highest BCUT2D eigenvalue weighted by molar-refractivity contribution is 6.35. The summed E-state index contributed by atoms with van der Waals surface area (Å²) in [6.07, 6.45) is 0. The molecule has 7 heteroatoms. The lowest BCUT2D eigenvalue weighted by molar-refractivity contribution is -0.159. The normalized spacial score (nSPS) is 20.5. The number of nitrogens with zero attached hydrogens (tertiary/aromatic N) is 2. The number of benzene rings is 1.